The number of hydrogen-bond donors (Lipinski definition) is 1. The van der Waals surface area contributed by atoms with Crippen LogP contribution in [0.25, 0.3) is 11.4 Å². The summed E-state index contributed by atoms with van der Waals surface area (Å²) in [5.41, 5.74) is 1.32. The molecule has 0 spiro atoms. The van der Waals surface area contributed by atoms with Gasteiger partial charge in [-0.3, -0.25) is 5.32 Å². The molecule has 0 saturated carbocycles. The van der Waals surface area contributed by atoms with Gasteiger partial charge in [-0.2, -0.15) is 0 Å². The molecule has 1 aliphatic heterocycles. The molecule has 1 amide bonds. The van der Waals surface area contributed by atoms with E-state index in [0.29, 0.717) is 54.1 Å². The molecule has 35 heavy (non-hydrogen) atoms. The molecule has 0 radical (unpaired) electrons. The van der Waals surface area contributed by atoms with Crippen molar-refractivity contribution in [1.82, 2.24) is 9.97 Å². The molecule has 2 aromatic carbocycles. The van der Waals surface area contributed by atoms with E-state index in [2.05, 4.69) is 20.2 Å². The van der Waals surface area contributed by atoms with E-state index in [-0.39, 0.29) is 16.8 Å². The summed E-state index contributed by atoms with van der Waals surface area (Å²) in [6.07, 6.45) is 0.485. The van der Waals surface area contributed by atoms with Crippen LogP contribution in [-0.2, 0) is 20.3 Å². The van der Waals surface area contributed by atoms with Crippen LogP contribution in [0, 0.1) is 0 Å². The average Bonchev–Trinajstić information content (AvgIpc) is 2.80. The maximum Gasteiger partial charge on any atom is 0.417 e. The number of hydrogen-bond acceptors (Lipinski definition) is 8. The van der Waals surface area contributed by atoms with E-state index in [0.717, 1.165) is 6.26 Å². The van der Waals surface area contributed by atoms with Crippen molar-refractivity contribution in [1.29, 1.82) is 0 Å². The Labute approximate surface area is 209 Å². The Morgan fingerprint density at radius 2 is 1.97 bits per heavy atom. The number of sulfone groups is 1. The molecule has 1 fully saturated rings. The van der Waals surface area contributed by atoms with Crippen LogP contribution in [-0.4, -0.2) is 56.5 Å². The number of carbonyl (C=O) groups is 1. The van der Waals surface area contributed by atoms with E-state index < -0.39 is 15.9 Å². The first-order chi connectivity index (χ1) is 16.7. The molecule has 3 aromatic rings. The number of carbonyl (C=O) groups excluding carboxylic acids is 1. The van der Waals surface area contributed by atoms with Gasteiger partial charge >= 0.3 is 6.09 Å². The number of nitrogens with zero attached hydrogens (tertiary/aromatic N) is 3. The summed E-state index contributed by atoms with van der Waals surface area (Å²) < 4.78 is 34.7. The number of para-hydroxylation sites is 1. The lowest BCUT2D eigenvalue weighted by molar-refractivity contribution is 0.0985. The summed E-state index contributed by atoms with van der Waals surface area (Å²) in [7, 11) is -3.31. The highest BCUT2D eigenvalue weighted by Gasteiger charge is 2.23. The molecule has 1 aromatic heterocycles. The fourth-order valence-corrected chi connectivity index (χ4v) is 4.57. The van der Waals surface area contributed by atoms with E-state index in [1.54, 1.807) is 48.5 Å². The zero-order chi connectivity index (χ0) is 25.0. The topological polar surface area (TPSA) is 111 Å². The van der Waals surface area contributed by atoms with Crippen LogP contribution >= 0.6 is 11.6 Å². The second-order valence-corrected chi connectivity index (χ2v) is 10.8. The number of nitrogens with one attached hydrogen (secondary N) is 1. The van der Waals surface area contributed by atoms with Gasteiger partial charge in [0.15, 0.2) is 15.7 Å². The fraction of sp³-hybridized carbons (Fsp3) is 0.292. The minimum absolute atomic E-state index is 0.0726. The Balaban J connectivity index is 1.61. The second kappa shape index (κ2) is 10.6. The molecule has 0 unspecified atom stereocenters. The van der Waals surface area contributed by atoms with Crippen LogP contribution in [0.1, 0.15) is 12.6 Å². The first-order valence-electron chi connectivity index (χ1n) is 10.9. The van der Waals surface area contributed by atoms with Crippen molar-refractivity contribution in [2.45, 2.75) is 18.7 Å². The number of ether oxygens (including phenoxy) is 2. The number of benzene rings is 2. The maximum absolute atomic E-state index is 12.2. The molecule has 11 heteroatoms. The number of rotatable bonds is 6. The van der Waals surface area contributed by atoms with E-state index in [4.69, 9.17) is 21.1 Å². The largest absolute Gasteiger partial charge is 0.417 e. The van der Waals surface area contributed by atoms with Crippen molar-refractivity contribution < 1.29 is 22.7 Å². The van der Waals surface area contributed by atoms with E-state index >= 15 is 0 Å². The Kier molecular flexibility index (Phi) is 7.54. The molecule has 1 atom stereocenters. The Hall–Kier alpha value is -3.21. The van der Waals surface area contributed by atoms with Gasteiger partial charge in [0.1, 0.15) is 11.6 Å². The third kappa shape index (κ3) is 6.68. The van der Waals surface area contributed by atoms with E-state index in [1.165, 1.54) is 0 Å². The number of anilines is 2. The lowest BCUT2D eigenvalue weighted by atomic mass is 10.1. The van der Waals surface area contributed by atoms with E-state index in [9.17, 15) is 13.2 Å². The fourth-order valence-electron chi connectivity index (χ4n) is 3.66. The standard InChI is InChI=1S/C24H25ClN4O5S/c1-16-14-33-11-10-29(16)22-13-18(15-35(2,31)32)26-23(28-22)17-8-9-21(20(25)12-17)27-24(30)34-19-6-4-3-5-7-19/h3-9,12-13,16H,10-11,14-15H2,1-2H3,(H,27,30)/t16-/m0/s1. The van der Waals surface area contributed by atoms with Crippen LogP contribution in [0.3, 0.4) is 0 Å². The third-order valence-corrected chi connectivity index (χ3v) is 6.39. The molecule has 1 aliphatic rings. The first-order valence-corrected chi connectivity index (χ1v) is 13.4. The van der Waals surface area contributed by atoms with Gasteiger partial charge in [0.25, 0.3) is 0 Å². The predicted molar refractivity (Wildman–Crippen MR) is 135 cm³/mol. The summed E-state index contributed by atoms with van der Waals surface area (Å²) in [5, 5.41) is 2.87. The lowest BCUT2D eigenvalue weighted by Gasteiger charge is -2.34. The van der Waals surface area contributed by atoms with Gasteiger partial charge < -0.3 is 14.4 Å². The van der Waals surface area contributed by atoms with Crippen LogP contribution in [0.15, 0.2) is 54.6 Å². The molecule has 184 valence electrons. The number of aromatic nitrogens is 2. The SMILES string of the molecule is C[C@H]1COCCN1c1cc(CS(C)(=O)=O)nc(-c2ccc(NC(=O)Oc3ccccc3)c(Cl)c2)n1. The maximum atomic E-state index is 12.2. The Bertz CT molecular complexity index is 1320. The minimum Gasteiger partial charge on any atom is -0.410 e. The summed E-state index contributed by atoms with van der Waals surface area (Å²) in [4.78, 5) is 23.5. The van der Waals surface area contributed by atoms with Crippen LogP contribution in [0.4, 0.5) is 16.3 Å². The summed E-state index contributed by atoms with van der Waals surface area (Å²) in [6.45, 7) is 3.74. The van der Waals surface area contributed by atoms with Gasteiger partial charge in [-0.15, -0.1) is 0 Å². The highest BCUT2D eigenvalue weighted by atomic mass is 35.5. The molecule has 9 nitrogen and oxygen atoms in total. The molecular weight excluding hydrogens is 492 g/mol. The number of morpholine rings is 1. The van der Waals surface area contributed by atoms with Gasteiger partial charge in [-0.05, 0) is 37.3 Å². The van der Waals surface area contributed by atoms with Crippen molar-refractivity contribution >= 4 is 39.0 Å². The van der Waals surface area contributed by atoms with Gasteiger partial charge in [-0.1, -0.05) is 29.8 Å². The lowest BCUT2D eigenvalue weighted by Crippen LogP contribution is -2.44. The quantitative estimate of drug-likeness (QED) is 0.519. The molecule has 1 N–H and O–H groups in total. The van der Waals surface area contributed by atoms with Gasteiger partial charge in [-0.25, -0.2) is 23.2 Å². The van der Waals surface area contributed by atoms with Crippen molar-refractivity contribution in [2.24, 2.45) is 0 Å². The zero-order valence-corrected chi connectivity index (χ0v) is 20.8. The number of amides is 1. The minimum atomic E-state index is -3.31. The van der Waals surface area contributed by atoms with Crippen molar-refractivity contribution in [2.75, 3.05) is 36.2 Å². The summed E-state index contributed by atoms with van der Waals surface area (Å²) in [5.74, 6) is 1.14. The van der Waals surface area contributed by atoms with Crippen LogP contribution in [0.2, 0.25) is 5.02 Å². The van der Waals surface area contributed by atoms with Crippen LogP contribution < -0.4 is 15.0 Å². The molecule has 0 bridgehead atoms. The average molecular weight is 517 g/mol. The van der Waals surface area contributed by atoms with Gasteiger partial charge in [0.05, 0.1) is 41.4 Å². The monoisotopic (exact) mass is 516 g/mol. The molecule has 2 heterocycles. The predicted octanol–water partition coefficient (Wildman–Crippen LogP) is 4.18. The highest BCUT2D eigenvalue weighted by molar-refractivity contribution is 7.89. The number of halogens is 1. The second-order valence-electron chi connectivity index (χ2n) is 8.25. The Morgan fingerprint density at radius 1 is 1.20 bits per heavy atom. The molecule has 1 saturated heterocycles. The normalized spacial score (nSPS) is 16.1. The first kappa shape index (κ1) is 24.9. The summed E-state index contributed by atoms with van der Waals surface area (Å²) >= 11 is 6.44. The smallest absolute Gasteiger partial charge is 0.410 e. The zero-order valence-electron chi connectivity index (χ0n) is 19.3. The van der Waals surface area contributed by atoms with Gasteiger partial charge in [0.2, 0.25) is 0 Å². The summed E-state index contributed by atoms with van der Waals surface area (Å²) in [6, 6.07) is 15.4. The van der Waals surface area contributed by atoms with Crippen LogP contribution in [0.5, 0.6) is 5.75 Å². The van der Waals surface area contributed by atoms with Crippen molar-refractivity contribution in [3.8, 4) is 17.1 Å². The van der Waals surface area contributed by atoms with Crippen molar-refractivity contribution in [3.05, 3.63) is 65.3 Å². The Morgan fingerprint density at radius 3 is 2.66 bits per heavy atom. The van der Waals surface area contributed by atoms with Crippen molar-refractivity contribution in [3.63, 3.8) is 0 Å². The highest BCUT2D eigenvalue weighted by Crippen LogP contribution is 2.30. The van der Waals surface area contributed by atoms with E-state index in [1.807, 2.05) is 13.0 Å². The molecular formula is C24H25ClN4O5S. The third-order valence-electron chi connectivity index (χ3n) is 5.26. The molecule has 4 rings (SSSR count). The van der Waals surface area contributed by atoms with Gasteiger partial charge in [0, 0.05) is 24.4 Å². The molecule has 0 aliphatic carbocycles.